The molecule has 0 spiro atoms. The molecule has 8 heteroatoms. The minimum atomic E-state index is -0.691. The van der Waals surface area contributed by atoms with Crippen LogP contribution in [0.5, 0.6) is 0 Å². The van der Waals surface area contributed by atoms with E-state index in [0.29, 0.717) is 5.69 Å². The number of thiazole rings is 1. The van der Waals surface area contributed by atoms with Crippen LogP contribution < -0.4 is 10.2 Å². The number of ether oxygens (including phenoxy) is 2. The number of aromatic nitrogens is 1. The number of esters is 1. The van der Waals surface area contributed by atoms with Crippen molar-refractivity contribution in [2.75, 3.05) is 12.5 Å². The van der Waals surface area contributed by atoms with Crippen LogP contribution in [0, 0.1) is 12.3 Å². The minimum Gasteiger partial charge on any atom is -0.465 e. The number of nitrogens with zero attached hydrogens (tertiary/aromatic N) is 1. The molecule has 1 rings (SSSR count). The number of carbonyl (C=O) groups is 2. The van der Waals surface area contributed by atoms with E-state index >= 15 is 0 Å². The van der Waals surface area contributed by atoms with Gasteiger partial charge in [0.25, 0.3) is 0 Å². The Morgan fingerprint density at radius 1 is 1.37 bits per heavy atom. The van der Waals surface area contributed by atoms with Gasteiger partial charge in [0.15, 0.2) is 0 Å². The van der Waals surface area contributed by atoms with E-state index in [0.717, 1.165) is 11.3 Å². The topological polar surface area (TPSA) is 93.4 Å². The molecule has 0 saturated heterocycles. The molecule has 0 atom stereocenters. The first kappa shape index (κ1) is 15.2. The van der Waals surface area contributed by atoms with E-state index in [1.807, 2.05) is 0 Å². The fourth-order valence-corrected chi connectivity index (χ4v) is 2.15. The van der Waals surface area contributed by atoms with Crippen LogP contribution in [-0.4, -0.2) is 29.4 Å². The third-order valence-corrected chi connectivity index (χ3v) is 3.08. The normalized spacial score (nSPS) is 11.0. The van der Waals surface area contributed by atoms with E-state index in [-0.39, 0.29) is 9.68 Å². The number of rotatable bonds is 2. The highest BCUT2D eigenvalue weighted by Crippen LogP contribution is 2.12. The second-order valence-electron chi connectivity index (χ2n) is 4.76. The molecule has 0 radical (unpaired) electrons. The number of amides is 1. The molecule has 0 fully saturated rings. The maximum absolute atomic E-state index is 11.6. The molecule has 1 amide bonds. The van der Waals surface area contributed by atoms with Gasteiger partial charge in [-0.1, -0.05) is 11.3 Å². The standard InChI is InChI=1S/C11H17N3O4S/c1-6-7(8(15)17-5)19-9(12)14(6)13-10(16)18-11(2,3)4/h12H,1-5H3,(H,13,16). The number of carbonyl (C=O) groups excluding carboxylic acids is 2. The van der Waals surface area contributed by atoms with Crippen molar-refractivity contribution in [3.8, 4) is 0 Å². The highest BCUT2D eigenvalue weighted by molar-refractivity contribution is 7.11. The van der Waals surface area contributed by atoms with E-state index in [1.165, 1.54) is 11.8 Å². The number of hydrogen-bond acceptors (Lipinski definition) is 6. The molecule has 0 bridgehead atoms. The summed E-state index contributed by atoms with van der Waals surface area (Å²) in [5.41, 5.74) is 2.19. The van der Waals surface area contributed by atoms with Crippen LogP contribution in [0.4, 0.5) is 4.79 Å². The molecule has 0 aliphatic rings. The van der Waals surface area contributed by atoms with Gasteiger partial charge in [0.2, 0.25) is 4.80 Å². The van der Waals surface area contributed by atoms with Gasteiger partial charge in [-0.3, -0.25) is 5.41 Å². The third kappa shape index (κ3) is 3.82. The zero-order valence-electron chi connectivity index (χ0n) is 11.5. The molecule has 0 aromatic carbocycles. The van der Waals surface area contributed by atoms with Gasteiger partial charge < -0.3 is 9.47 Å². The van der Waals surface area contributed by atoms with Gasteiger partial charge in [-0.2, -0.15) is 0 Å². The van der Waals surface area contributed by atoms with E-state index in [9.17, 15) is 9.59 Å². The van der Waals surface area contributed by atoms with Crippen molar-refractivity contribution in [1.82, 2.24) is 4.68 Å². The van der Waals surface area contributed by atoms with Crippen molar-refractivity contribution in [3.63, 3.8) is 0 Å². The van der Waals surface area contributed by atoms with Crippen molar-refractivity contribution in [2.24, 2.45) is 0 Å². The summed E-state index contributed by atoms with van der Waals surface area (Å²) in [5.74, 6) is -0.541. The molecule has 0 unspecified atom stereocenters. The molecule has 1 aromatic heterocycles. The summed E-state index contributed by atoms with van der Waals surface area (Å²) in [7, 11) is 1.26. The lowest BCUT2D eigenvalue weighted by molar-refractivity contribution is 0.0591. The summed E-state index contributed by atoms with van der Waals surface area (Å²) in [5, 5.41) is 7.73. The molecule has 0 aliphatic carbocycles. The lowest BCUT2D eigenvalue weighted by atomic mass is 10.2. The van der Waals surface area contributed by atoms with Crippen molar-refractivity contribution >= 4 is 23.4 Å². The Balaban J connectivity index is 2.97. The van der Waals surface area contributed by atoms with Gasteiger partial charge in [0.1, 0.15) is 10.5 Å². The zero-order chi connectivity index (χ0) is 14.8. The Morgan fingerprint density at radius 2 is 1.95 bits per heavy atom. The van der Waals surface area contributed by atoms with E-state index < -0.39 is 17.7 Å². The largest absolute Gasteiger partial charge is 0.465 e. The molecular formula is C11H17N3O4S. The SMILES string of the molecule is COC(=O)c1sc(=N)n(NC(=O)OC(C)(C)C)c1C. The second-order valence-corrected chi connectivity index (χ2v) is 5.76. The molecule has 106 valence electrons. The summed E-state index contributed by atoms with van der Waals surface area (Å²) in [6.07, 6.45) is -0.691. The maximum Gasteiger partial charge on any atom is 0.427 e. The molecule has 0 saturated carbocycles. The monoisotopic (exact) mass is 287 g/mol. The Labute approximate surface area is 114 Å². The van der Waals surface area contributed by atoms with Crippen LogP contribution in [0.25, 0.3) is 0 Å². The summed E-state index contributed by atoms with van der Waals surface area (Å²) >= 11 is 0.918. The van der Waals surface area contributed by atoms with Crippen molar-refractivity contribution in [1.29, 1.82) is 5.41 Å². The van der Waals surface area contributed by atoms with Gasteiger partial charge >= 0.3 is 12.1 Å². The average molecular weight is 287 g/mol. The van der Waals surface area contributed by atoms with E-state index in [1.54, 1.807) is 27.7 Å². The lowest BCUT2D eigenvalue weighted by Gasteiger charge is -2.20. The maximum atomic E-state index is 11.6. The van der Waals surface area contributed by atoms with Gasteiger partial charge in [0.05, 0.1) is 12.8 Å². The molecule has 19 heavy (non-hydrogen) atoms. The van der Waals surface area contributed by atoms with Crippen molar-refractivity contribution in [2.45, 2.75) is 33.3 Å². The Morgan fingerprint density at radius 3 is 2.42 bits per heavy atom. The molecule has 1 heterocycles. The quantitative estimate of drug-likeness (QED) is 0.808. The minimum absolute atomic E-state index is 0.00348. The molecule has 2 N–H and O–H groups in total. The van der Waals surface area contributed by atoms with Crippen LogP contribution >= 0.6 is 11.3 Å². The predicted octanol–water partition coefficient (Wildman–Crippen LogP) is 1.60. The van der Waals surface area contributed by atoms with Crippen LogP contribution in [0.3, 0.4) is 0 Å². The third-order valence-electron chi connectivity index (χ3n) is 2.04. The van der Waals surface area contributed by atoms with Crippen LogP contribution in [0.2, 0.25) is 0 Å². The summed E-state index contributed by atoms with van der Waals surface area (Å²) < 4.78 is 10.9. The smallest absolute Gasteiger partial charge is 0.427 e. The summed E-state index contributed by atoms with van der Waals surface area (Å²) in [6.45, 7) is 6.82. The first-order valence-corrected chi connectivity index (χ1v) is 6.32. The first-order chi connectivity index (χ1) is 8.65. The van der Waals surface area contributed by atoms with Gasteiger partial charge in [-0.25, -0.2) is 19.7 Å². The predicted molar refractivity (Wildman–Crippen MR) is 69.8 cm³/mol. The number of hydrogen-bond donors (Lipinski definition) is 2. The van der Waals surface area contributed by atoms with Gasteiger partial charge in [-0.05, 0) is 27.7 Å². The van der Waals surface area contributed by atoms with Crippen LogP contribution in [0.1, 0.15) is 36.1 Å². The Bertz CT molecular complexity index is 553. The lowest BCUT2D eigenvalue weighted by Crippen LogP contribution is -2.35. The van der Waals surface area contributed by atoms with Crippen molar-refractivity contribution in [3.05, 3.63) is 15.4 Å². The van der Waals surface area contributed by atoms with Crippen molar-refractivity contribution < 1.29 is 19.1 Å². The number of nitrogens with one attached hydrogen (secondary N) is 2. The van der Waals surface area contributed by atoms with Crippen LogP contribution in [-0.2, 0) is 9.47 Å². The summed E-state index contributed by atoms with van der Waals surface area (Å²) in [6, 6.07) is 0. The summed E-state index contributed by atoms with van der Waals surface area (Å²) in [4.78, 5) is 23.4. The van der Waals surface area contributed by atoms with E-state index in [2.05, 4.69) is 10.2 Å². The average Bonchev–Trinajstić information content (AvgIpc) is 2.53. The molecule has 7 nitrogen and oxygen atoms in total. The van der Waals surface area contributed by atoms with Gasteiger partial charge in [0, 0.05) is 0 Å². The van der Waals surface area contributed by atoms with Crippen LogP contribution in [0.15, 0.2) is 0 Å². The molecular weight excluding hydrogens is 270 g/mol. The Kier molecular flexibility index (Phi) is 4.35. The fourth-order valence-electron chi connectivity index (χ4n) is 1.28. The highest BCUT2D eigenvalue weighted by atomic mass is 32.1. The fraction of sp³-hybridized carbons (Fsp3) is 0.545. The highest BCUT2D eigenvalue weighted by Gasteiger charge is 2.20. The van der Waals surface area contributed by atoms with E-state index in [4.69, 9.17) is 10.1 Å². The molecule has 1 aromatic rings. The van der Waals surface area contributed by atoms with Gasteiger partial charge in [-0.15, -0.1) is 0 Å². The number of methoxy groups -OCH3 is 1. The molecule has 0 aliphatic heterocycles. The Hall–Kier alpha value is -1.83. The first-order valence-electron chi connectivity index (χ1n) is 5.51. The zero-order valence-corrected chi connectivity index (χ0v) is 12.3. The second kappa shape index (κ2) is 5.43.